The van der Waals surface area contributed by atoms with Crippen molar-refractivity contribution in [3.63, 3.8) is 0 Å². The molecule has 4 rings (SSSR count). The molecular weight excluding hydrogens is 230 g/mol. The van der Waals surface area contributed by atoms with E-state index in [0.717, 1.165) is 45.4 Å². The number of rotatable bonds is 0. The Kier molecular flexibility index (Phi) is 3.24. The van der Waals surface area contributed by atoms with Gasteiger partial charge in [-0.3, -0.25) is 9.59 Å². The second kappa shape index (κ2) is 4.88. The van der Waals surface area contributed by atoms with Crippen LogP contribution in [0.3, 0.4) is 0 Å². The Morgan fingerprint density at radius 1 is 0.944 bits per heavy atom. The molecule has 1 N–H and O–H groups in total. The van der Waals surface area contributed by atoms with E-state index in [1.54, 1.807) is 9.80 Å². The van der Waals surface area contributed by atoms with Crippen LogP contribution < -0.4 is 5.32 Å². The van der Waals surface area contributed by atoms with E-state index < -0.39 is 0 Å². The van der Waals surface area contributed by atoms with E-state index in [2.05, 4.69) is 5.32 Å². The van der Waals surface area contributed by atoms with E-state index in [1.807, 2.05) is 0 Å². The van der Waals surface area contributed by atoms with Crippen LogP contribution in [0.2, 0.25) is 0 Å². The first-order valence-electron chi connectivity index (χ1n) is 7.05. The van der Waals surface area contributed by atoms with Gasteiger partial charge in [-0.1, -0.05) is 0 Å². The number of carbonyl (C=O) groups is 2. The standard InChI is InChI=1S/C13H21N3O2/c17-12(15-5-1-2-6-15)13(18)16-8-10-3-4-11(9-16)14-7-10/h10-11,14H,1-9H2/t10-,11-/m0/s1. The van der Waals surface area contributed by atoms with E-state index in [1.165, 1.54) is 6.42 Å². The minimum atomic E-state index is -0.284. The molecule has 100 valence electrons. The summed E-state index contributed by atoms with van der Waals surface area (Å²) in [5.74, 6) is -0.0367. The third-order valence-corrected chi connectivity index (χ3v) is 4.40. The van der Waals surface area contributed by atoms with Gasteiger partial charge in [0.15, 0.2) is 0 Å². The molecule has 5 nitrogen and oxygen atoms in total. The Balaban J connectivity index is 1.66. The van der Waals surface area contributed by atoms with E-state index in [-0.39, 0.29) is 11.8 Å². The number of nitrogens with zero attached hydrogens (tertiary/aromatic N) is 2. The first-order valence-corrected chi connectivity index (χ1v) is 7.05. The molecule has 4 fully saturated rings. The number of piperidine rings is 1. The monoisotopic (exact) mass is 251 g/mol. The summed E-state index contributed by atoms with van der Waals surface area (Å²) >= 11 is 0. The van der Waals surface area contributed by atoms with Crippen LogP contribution in [0.4, 0.5) is 0 Å². The van der Waals surface area contributed by atoms with Crippen molar-refractivity contribution in [1.82, 2.24) is 15.1 Å². The van der Waals surface area contributed by atoms with E-state index in [4.69, 9.17) is 0 Å². The molecule has 0 spiro atoms. The van der Waals surface area contributed by atoms with Gasteiger partial charge in [-0.15, -0.1) is 0 Å². The van der Waals surface area contributed by atoms with Crippen molar-refractivity contribution < 1.29 is 9.59 Å². The van der Waals surface area contributed by atoms with Crippen LogP contribution in [0, 0.1) is 5.92 Å². The van der Waals surface area contributed by atoms with Gasteiger partial charge < -0.3 is 15.1 Å². The van der Waals surface area contributed by atoms with Gasteiger partial charge in [-0.25, -0.2) is 0 Å². The molecular formula is C13H21N3O2. The molecule has 4 aliphatic heterocycles. The molecule has 2 atom stereocenters. The molecule has 18 heavy (non-hydrogen) atoms. The third-order valence-electron chi connectivity index (χ3n) is 4.40. The van der Waals surface area contributed by atoms with Crippen LogP contribution in [-0.4, -0.2) is 60.4 Å². The predicted molar refractivity (Wildman–Crippen MR) is 66.9 cm³/mol. The number of hydrogen-bond donors (Lipinski definition) is 1. The van der Waals surface area contributed by atoms with E-state index >= 15 is 0 Å². The summed E-state index contributed by atoms with van der Waals surface area (Å²) in [5.41, 5.74) is 0. The highest BCUT2D eigenvalue weighted by atomic mass is 16.2. The van der Waals surface area contributed by atoms with Gasteiger partial charge in [-0.05, 0) is 38.1 Å². The Hall–Kier alpha value is -1.10. The summed E-state index contributed by atoms with van der Waals surface area (Å²) in [5, 5.41) is 3.46. The summed E-state index contributed by atoms with van der Waals surface area (Å²) in [7, 11) is 0. The fourth-order valence-electron chi connectivity index (χ4n) is 3.29. The highest BCUT2D eigenvalue weighted by Crippen LogP contribution is 2.22. The van der Waals surface area contributed by atoms with Crippen LogP contribution >= 0.6 is 0 Å². The number of amides is 2. The smallest absolute Gasteiger partial charge is 0.312 e. The Bertz CT molecular complexity index is 330. The van der Waals surface area contributed by atoms with E-state index in [9.17, 15) is 9.59 Å². The van der Waals surface area contributed by atoms with Crippen molar-refractivity contribution in [3.05, 3.63) is 0 Å². The normalized spacial score (nSPS) is 31.6. The van der Waals surface area contributed by atoms with Crippen LogP contribution in [-0.2, 0) is 9.59 Å². The molecule has 5 heteroatoms. The maximum absolute atomic E-state index is 12.3. The van der Waals surface area contributed by atoms with Crippen molar-refractivity contribution in [2.75, 3.05) is 32.7 Å². The molecule has 0 aromatic carbocycles. The summed E-state index contributed by atoms with van der Waals surface area (Å²) < 4.78 is 0. The molecule has 2 amide bonds. The fraction of sp³-hybridized carbons (Fsp3) is 0.846. The molecule has 0 aromatic heterocycles. The predicted octanol–water partition coefficient (Wildman–Crippen LogP) is -0.181. The van der Waals surface area contributed by atoms with Crippen molar-refractivity contribution in [3.8, 4) is 0 Å². The molecule has 0 aliphatic carbocycles. The van der Waals surface area contributed by atoms with Crippen LogP contribution in [0.15, 0.2) is 0 Å². The molecule has 4 saturated heterocycles. The molecule has 0 unspecified atom stereocenters. The third kappa shape index (κ3) is 2.23. The number of likely N-dealkylation sites (tertiary alicyclic amines) is 1. The van der Waals surface area contributed by atoms with Crippen molar-refractivity contribution in [2.24, 2.45) is 5.92 Å². The van der Waals surface area contributed by atoms with Crippen molar-refractivity contribution in [2.45, 2.75) is 31.7 Å². The summed E-state index contributed by atoms with van der Waals surface area (Å²) in [6.45, 7) is 3.95. The average Bonchev–Trinajstić information content (AvgIpc) is 2.76. The number of fused-ring (bicyclic) bond motifs is 4. The molecule has 0 saturated carbocycles. The van der Waals surface area contributed by atoms with Gasteiger partial charge in [0.1, 0.15) is 0 Å². The highest BCUT2D eigenvalue weighted by molar-refractivity contribution is 6.35. The van der Waals surface area contributed by atoms with Gasteiger partial charge in [0.2, 0.25) is 0 Å². The van der Waals surface area contributed by atoms with Crippen molar-refractivity contribution in [1.29, 1.82) is 0 Å². The second-order valence-electron chi connectivity index (χ2n) is 5.76. The van der Waals surface area contributed by atoms with Gasteiger partial charge in [0.25, 0.3) is 0 Å². The average molecular weight is 251 g/mol. The summed E-state index contributed by atoms with van der Waals surface area (Å²) in [6.07, 6.45) is 4.38. The largest absolute Gasteiger partial charge is 0.334 e. The molecule has 4 aliphatic rings. The number of nitrogens with one attached hydrogen (secondary N) is 1. The summed E-state index contributed by atoms with van der Waals surface area (Å²) in [4.78, 5) is 27.9. The van der Waals surface area contributed by atoms with Gasteiger partial charge in [0, 0.05) is 32.2 Å². The maximum Gasteiger partial charge on any atom is 0.312 e. The Labute approximate surface area is 107 Å². The van der Waals surface area contributed by atoms with E-state index in [0.29, 0.717) is 18.5 Å². The quantitative estimate of drug-likeness (QED) is 0.608. The lowest BCUT2D eigenvalue weighted by Gasteiger charge is -2.24. The van der Waals surface area contributed by atoms with Crippen LogP contribution in [0.1, 0.15) is 25.7 Å². The lowest BCUT2D eigenvalue weighted by molar-refractivity contribution is -0.151. The first-order chi connectivity index (χ1) is 8.74. The lowest BCUT2D eigenvalue weighted by atomic mass is 9.97. The van der Waals surface area contributed by atoms with Crippen LogP contribution in [0.25, 0.3) is 0 Å². The van der Waals surface area contributed by atoms with Gasteiger partial charge in [0.05, 0.1) is 0 Å². The maximum atomic E-state index is 12.3. The van der Waals surface area contributed by atoms with Gasteiger partial charge in [-0.2, -0.15) is 0 Å². The molecule has 0 aromatic rings. The summed E-state index contributed by atoms with van der Waals surface area (Å²) in [6, 6.07) is 0.388. The van der Waals surface area contributed by atoms with Crippen molar-refractivity contribution >= 4 is 11.8 Å². The second-order valence-corrected chi connectivity index (χ2v) is 5.76. The number of hydrogen-bond acceptors (Lipinski definition) is 3. The zero-order valence-corrected chi connectivity index (χ0v) is 10.7. The molecule has 4 heterocycles. The SMILES string of the molecule is O=C(C(=O)N1C[C@H]2CC[C@@H](C1)NC2)N1CCCC1. The first kappa shape index (κ1) is 12.0. The fourth-order valence-corrected chi connectivity index (χ4v) is 3.29. The lowest BCUT2D eigenvalue weighted by Crippen LogP contribution is -2.47. The minimum absolute atomic E-state index is 0.280. The highest BCUT2D eigenvalue weighted by Gasteiger charge is 2.35. The van der Waals surface area contributed by atoms with Gasteiger partial charge >= 0.3 is 11.8 Å². The zero-order chi connectivity index (χ0) is 12.5. The zero-order valence-electron chi connectivity index (χ0n) is 10.7. The molecule has 0 radical (unpaired) electrons. The van der Waals surface area contributed by atoms with Crippen LogP contribution in [0.5, 0.6) is 0 Å². The number of carbonyl (C=O) groups excluding carboxylic acids is 2. The Morgan fingerprint density at radius 3 is 2.33 bits per heavy atom. The topological polar surface area (TPSA) is 52.7 Å². The molecule has 2 bridgehead atoms. The Morgan fingerprint density at radius 2 is 1.67 bits per heavy atom. The minimum Gasteiger partial charge on any atom is -0.334 e.